The van der Waals surface area contributed by atoms with Crippen LogP contribution in [0.25, 0.3) is 0 Å². The van der Waals surface area contributed by atoms with Crippen LogP contribution in [0.4, 0.5) is 0 Å². The molecule has 4 aromatic rings. The Bertz CT molecular complexity index is 2200. The van der Waals surface area contributed by atoms with Gasteiger partial charge in [0.15, 0.2) is 17.3 Å². The van der Waals surface area contributed by atoms with E-state index in [0.717, 1.165) is 61.1 Å². The molecule has 0 N–H and O–H groups in total. The van der Waals surface area contributed by atoms with Gasteiger partial charge in [-0.2, -0.15) is 0 Å². The van der Waals surface area contributed by atoms with Gasteiger partial charge >= 0.3 is 5.97 Å². The Morgan fingerprint density at radius 1 is 0.607 bits per heavy atom. The summed E-state index contributed by atoms with van der Waals surface area (Å²) in [5.41, 5.74) is 3.13. The van der Waals surface area contributed by atoms with Crippen molar-refractivity contribution in [2.24, 2.45) is 0 Å². The van der Waals surface area contributed by atoms with Crippen LogP contribution < -0.4 is 18.9 Å². The second-order valence-corrected chi connectivity index (χ2v) is 19.0. The molecule has 0 saturated carbocycles. The number of rotatable bonds is 19. The third-order valence-corrected chi connectivity index (χ3v) is 12.1. The number of nitrogens with zero attached hydrogens (tertiary/aromatic N) is 1. The van der Waals surface area contributed by atoms with E-state index in [4.69, 9.17) is 65.4 Å². The molecule has 4 aromatic carbocycles. The van der Waals surface area contributed by atoms with Gasteiger partial charge in [-0.05, 0) is 83.6 Å². The lowest BCUT2D eigenvalue weighted by atomic mass is 9.78. The monoisotopic (exact) mass is 937 g/mol. The van der Waals surface area contributed by atoms with Crippen molar-refractivity contribution in [3.05, 3.63) is 115 Å². The quantitative estimate of drug-likeness (QED) is 0.0513. The van der Waals surface area contributed by atoms with Crippen LogP contribution in [0, 0.1) is 0 Å². The first-order valence-corrected chi connectivity index (χ1v) is 23.2. The SMILES string of the molecule is CCCCOc1c(Cl)cc(C(C)(C)c2ccc(OC(C)=O)cc2)cc1Cl.CCCCOc1c(Cl)cc(C(C)(C)c2ccc(OCC(=O)CN(C(C)=O)S(C)(=O)=O)cc2)cc1Cl. The molecule has 15 heteroatoms. The Kier molecular flexibility index (Phi) is 19.3. The zero-order valence-electron chi connectivity index (χ0n) is 36.1. The van der Waals surface area contributed by atoms with Gasteiger partial charge in [0.1, 0.15) is 18.1 Å². The van der Waals surface area contributed by atoms with E-state index < -0.39 is 33.7 Å². The molecule has 0 fully saturated rings. The van der Waals surface area contributed by atoms with Crippen molar-refractivity contribution in [1.82, 2.24) is 4.31 Å². The van der Waals surface area contributed by atoms with Crippen molar-refractivity contribution < 1.29 is 41.7 Å². The Morgan fingerprint density at radius 3 is 1.31 bits per heavy atom. The maximum atomic E-state index is 12.1. The number of benzene rings is 4. The Balaban J connectivity index is 0.000000340. The van der Waals surface area contributed by atoms with Crippen LogP contribution in [0.5, 0.6) is 23.0 Å². The number of carbonyl (C=O) groups excluding carboxylic acids is 3. The Labute approximate surface area is 380 Å². The summed E-state index contributed by atoms with van der Waals surface area (Å²) in [6.45, 7) is 15.1. The highest BCUT2D eigenvalue weighted by Gasteiger charge is 2.28. The summed E-state index contributed by atoms with van der Waals surface area (Å²) in [6, 6.07) is 22.1. The first-order chi connectivity index (χ1) is 28.5. The number of hydrogen-bond acceptors (Lipinski definition) is 9. The summed E-state index contributed by atoms with van der Waals surface area (Å²) in [5.74, 6) is 0.360. The van der Waals surface area contributed by atoms with Gasteiger partial charge < -0.3 is 18.9 Å². The summed E-state index contributed by atoms with van der Waals surface area (Å²) in [5, 5.41) is 1.91. The second-order valence-electron chi connectivity index (χ2n) is 15.5. The standard InChI is InChI=1S/C25H31Cl2NO6S.C21H24Cl2O3/c1-6-7-12-33-24-22(26)13-19(14-23(24)27)25(3,4)18-8-10-21(11-9-18)34-16-20(30)15-28(17(2)29)35(5,31)32;1-5-6-11-25-20-18(22)12-16(13-19(20)23)21(3,4)15-7-9-17(10-8-15)26-14(2)24/h8-11,13-14H,6-7,12,15-16H2,1-5H3;7-10,12-13H,5-6,11H2,1-4H3. The minimum atomic E-state index is -3.82. The third kappa shape index (κ3) is 14.8. The molecule has 1 amide bonds. The highest BCUT2D eigenvalue weighted by Crippen LogP contribution is 2.42. The molecule has 10 nitrogen and oxygen atoms in total. The molecule has 0 atom stereocenters. The van der Waals surface area contributed by atoms with Crippen molar-refractivity contribution >= 4 is 74.1 Å². The number of Topliss-reactive ketones (excluding diaryl/α,β-unsaturated/α-hetero) is 1. The van der Waals surface area contributed by atoms with E-state index in [1.54, 1.807) is 24.3 Å². The molecule has 61 heavy (non-hydrogen) atoms. The minimum Gasteiger partial charge on any atom is -0.490 e. The number of ether oxygens (including phenoxy) is 4. The van der Waals surface area contributed by atoms with E-state index in [0.29, 0.717) is 60.6 Å². The van der Waals surface area contributed by atoms with Crippen LogP contribution in [0.1, 0.15) is 103 Å². The van der Waals surface area contributed by atoms with E-state index in [-0.39, 0.29) is 18.0 Å². The van der Waals surface area contributed by atoms with Crippen LogP contribution >= 0.6 is 46.4 Å². The van der Waals surface area contributed by atoms with Crippen LogP contribution in [0.15, 0.2) is 72.8 Å². The molecule has 4 rings (SSSR count). The van der Waals surface area contributed by atoms with Gasteiger partial charge in [-0.15, -0.1) is 0 Å². The highest BCUT2D eigenvalue weighted by molar-refractivity contribution is 7.88. The van der Waals surface area contributed by atoms with Gasteiger partial charge in [0.25, 0.3) is 0 Å². The highest BCUT2D eigenvalue weighted by atomic mass is 35.5. The molecule has 0 unspecified atom stereocenters. The van der Waals surface area contributed by atoms with Crippen molar-refractivity contribution in [3.63, 3.8) is 0 Å². The lowest BCUT2D eigenvalue weighted by Gasteiger charge is -2.27. The van der Waals surface area contributed by atoms with Gasteiger partial charge in [-0.1, -0.05) is 125 Å². The zero-order valence-corrected chi connectivity index (χ0v) is 40.0. The molecular formula is C46H55Cl4NO9S. The predicted molar refractivity (Wildman–Crippen MR) is 245 cm³/mol. The third-order valence-electron chi connectivity index (χ3n) is 9.81. The molecule has 0 radical (unpaired) electrons. The summed E-state index contributed by atoms with van der Waals surface area (Å²) < 4.78 is 45.8. The first-order valence-electron chi connectivity index (χ1n) is 19.8. The van der Waals surface area contributed by atoms with Crippen molar-refractivity contribution in [1.29, 1.82) is 0 Å². The van der Waals surface area contributed by atoms with Gasteiger partial charge in [0, 0.05) is 24.7 Å². The number of hydrogen-bond donors (Lipinski definition) is 0. The Hall–Kier alpha value is -4.00. The molecule has 0 bridgehead atoms. The average Bonchev–Trinajstić information content (AvgIpc) is 3.18. The largest absolute Gasteiger partial charge is 0.490 e. The van der Waals surface area contributed by atoms with E-state index in [9.17, 15) is 22.8 Å². The fourth-order valence-electron chi connectivity index (χ4n) is 5.99. The fourth-order valence-corrected chi connectivity index (χ4v) is 8.03. The average molecular weight is 940 g/mol. The maximum absolute atomic E-state index is 12.1. The van der Waals surface area contributed by atoms with E-state index in [1.165, 1.54) is 6.92 Å². The fraction of sp³-hybridized carbons (Fsp3) is 0.413. The number of esters is 1. The molecule has 0 aliphatic heterocycles. The second kappa shape index (κ2) is 22.9. The molecule has 0 aromatic heterocycles. The lowest BCUT2D eigenvalue weighted by molar-refractivity contribution is -0.132. The number of unbranched alkanes of at least 4 members (excludes halogenated alkanes) is 2. The van der Waals surface area contributed by atoms with Crippen LogP contribution in [-0.4, -0.2) is 63.0 Å². The van der Waals surface area contributed by atoms with E-state index in [1.807, 2.05) is 62.4 Å². The number of sulfonamides is 1. The normalized spacial score (nSPS) is 11.6. The molecule has 0 spiro atoms. The minimum absolute atomic E-state index is 0.329. The number of ketones is 1. The summed E-state index contributed by atoms with van der Waals surface area (Å²) in [4.78, 5) is 34.7. The molecule has 0 aliphatic carbocycles. The summed E-state index contributed by atoms with van der Waals surface area (Å²) >= 11 is 25.8. The molecular weight excluding hydrogens is 884 g/mol. The summed E-state index contributed by atoms with van der Waals surface area (Å²) in [7, 11) is -3.82. The maximum Gasteiger partial charge on any atom is 0.308 e. The van der Waals surface area contributed by atoms with Gasteiger partial charge in [0.2, 0.25) is 15.9 Å². The molecule has 0 heterocycles. The van der Waals surface area contributed by atoms with Gasteiger partial charge in [-0.3, -0.25) is 14.4 Å². The number of halogens is 4. The smallest absolute Gasteiger partial charge is 0.308 e. The lowest BCUT2D eigenvalue weighted by Crippen LogP contribution is -2.39. The predicted octanol–water partition coefficient (Wildman–Crippen LogP) is 11.7. The number of carbonyl (C=O) groups is 3. The van der Waals surface area contributed by atoms with Crippen LogP contribution in [0.2, 0.25) is 20.1 Å². The Morgan fingerprint density at radius 2 is 0.984 bits per heavy atom. The van der Waals surface area contributed by atoms with Crippen molar-refractivity contribution in [2.75, 3.05) is 32.6 Å². The topological polar surface area (TPSA) is 126 Å². The zero-order chi connectivity index (χ0) is 45.7. The summed E-state index contributed by atoms with van der Waals surface area (Å²) in [6.07, 6.45) is 4.78. The van der Waals surface area contributed by atoms with Crippen LogP contribution in [0.3, 0.4) is 0 Å². The van der Waals surface area contributed by atoms with E-state index >= 15 is 0 Å². The molecule has 332 valence electrons. The van der Waals surface area contributed by atoms with Crippen LogP contribution in [-0.2, 0) is 35.2 Å². The van der Waals surface area contributed by atoms with Gasteiger partial charge in [-0.25, -0.2) is 12.7 Å². The molecule has 0 saturated heterocycles. The van der Waals surface area contributed by atoms with Crippen molar-refractivity contribution in [2.45, 2.75) is 91.9 Å². The van der Waals surface area contributed by atoms with Gasteiger partial charge in [0.05, 0.1) is 46.1 Å². The molecule has 0 aliphatic rings. The number of amides is 1. The van der Waals surface area contributed by atoms with E-state index in [2.05, 4.69) is 27.7 Å². The van der Waals surface area contributed by atoms with Crippen molar-refractivity contribution in [3.8, 4) is 23.0 Å². The first kappa shape index (κ1) is 51.4.